The lowest BCUT2D eigenvalue weighted by atomic mass is 10.2. The lowest BCUT2D eigenvalue weighted by Gasteiger charge is -2.19. The van der Waals surface area contributed by atoms with Gasteiger partial charge in [-0.25, -0.2) is 14.9 Å². The molecule has 4 N–H and O–H groups in total. The molecule has 0 unspecified atom stereocenters. The summed E-state index contributed by atoms with van der Waals surface area (Å²) in [4.78, 5) is 21.1. The Labute approximate surface area is 81.1 Å². The Kier molecular flexibility index (Phi) is 3.88. The van der Waals surface area contributed by atoms with Crippen LogP contribution in [0, 0.1) is 5.41 Å². The van der Waals surface area contributed by atoms with E-state index < -0.39 is 23.8 Å². The first-order valence-corrected chi connectivity index (χ1v) is 3.76. The third-order valence-corrected chi connectivity index (χ3v) is 0.817. The largest absolute Gasteiger partial charge is 0.443 e. The van der Waals surface area contributed by atoms with Crippen LogP contribution in [-0.4, -0.2) is 23.8 Å². The second-order valence-corrected chi connectivity index (χ2v) is 3.38. The predicted molar refractivity (Wildman–Crippen MR) is 47.8 cm³/mol. The van der Waals surface area contributed by atoms with Crippen LogP contribution in [0.3, 0.4) is 0 Å². The molecule has 0 spiro atoms. The van der Waals surface area contributed by atoms with Gasteiger partial charge in [-0.2, -0.15) is 0 Å². The number of ether oxygens (including phenoxy) is 2. The number of amides is 2. The number of hydrogen-bond donors (Lipinski definition) is 3. The Balaban J connectivity index is 3.96. The second kappa shape index (κ2) is 4.45. The number of nitrogens with two attached hydrogens (primary N) is 1. The van der Waals surface area contributed by atoms with Gasteiger partial charge in [0.05, 0.1) is 0 Å². The highest BCUT2D eigenvalue weighted by atomic mass is 16.6. The highest BCUT2D eigenvalue weighted by Crippen LogP contribution is 2.06. The Hall–Kier alpha value is -1.79. The molecule has 0 rings (SSSR count). The van der Waals surface area contributed by atoms with Crippen molar-refractivity contribution in [3.63, 3.8) is 0 Å². The van der Waals surface area contributed by atoms with Crippen LogP contribution in [0.2, 0.25) is 0 Å². The Morgan fingerprint density at radius 1 is 1.36 bits per heavy atom. The average Bonchev–Trinajstić information content (AvgIpc) is 1.77. The molecule has 2 amide bonds. The summed E-state index contributed by atoms with van der Waals surface area (Å²) in [5.74, 6) is 0. The first-order valence-electron chi connectivity index (χ1n) is 3.76. The Bertz CT molecular complexity index is 256. The smallest absolute Gasteiger partial charge is 0.415 e. The van der Waals surface area contributed by atoms with E-state index in [9.17, 15) is 9.59 Å². The van der Waals surface area contributed by atoms with Crippen LogP contribution in [0.25, 0.3) is 0 Å². The van der Waals surface area contributed by atoms with Gasteiger partial charge in [-0.1, -0.05) is 0 Å². The summed E-state index contributed by atoms with van der Waals surface area (Å²) in [5.41, 5.74) is 3.92. The van der Waals surface area contributed by atoms with E-state index in [-0.39, 0.29) is 0 Å². The van der Waals surface area contributed by atoms with Crippen LogP contribution in [0.15, 0.2) is 0 Å². The molecular formula is C7H13N3O4. The molecule has 0 aliphatic carbocycles. The maximum Gasteiger partial charge on any atom is 0.415 e. The van der Waals surface area contributed by atoms with Crippen LogP contribution in [0.1, 0.15) is 20.8 Å². The van der Waals surface area contributed by atoms with Gasteiger partial charge in [0.25, 0.3) is 0 Å². The zero-order chi connectivity index (χ0) is 11.4. The third-order valence-electron chi connectivity index (χ3n) is 0.817. The molecule has 7 heteroatoms. The molecule has 14 heavy (non-hydrogen) atoms. The van der Waals surface area contributed by atoms with E-state index in [1.807, 2.05) is 5.32 Å². The van der Waals surface area contributed by atoms with Gasteiger partial charge in [-0.15, -0.1) is 0 Å². The van der Waals surface area contributed by atoms with Crippen LogP contribution >= 0.6 is 0 Å². The minimum Gasteiger partial charge on any atom is -0.443 e. The highest BCUT2D eigenvalue weighted by molar-refractivity contribution is 5.93. The fraction of sp³-hybridized carbons (Fsp3) is 0.571. The van der Waals surface area contributed by atoms with Crippen molar-refractivity contribution in [2.45, 2.75) is 26.4 Å². The molecule has 0 aliphatic heterocycles. The van der Waals surface area contributed by atoms with Crippen LogP contribution in [0.5, 0.6) is 0 Å². The number of carbonyl (C=O) groups is 2. The molecule has 7 nitrogen and oxygen atoms in total. The van der Waals surface area contributed by atoms with Gasteiger partial charge in [-0.05, 0) is 20.8 Å². The summed E-state index contributed by atoms with van der Waals surface area (Å²) in [5, 5.41) is 8.79. The van der Waals surface area contributed by atoms with E-state index in [1.54, 1.807) is 20.8 Å². The topological polar surface area (TPSA) is 114 Å². The van der Waals surface area contributed by atoms with E-state index >= 15 is 0 Å². The van der Waals surface area contributed by atoms with Crippen molar-refractivity contribution in [2.75, 3.05) is 0 Å². The lowest BCUT2D eigenvalue weighted by molar-refractivity contribution is 0.0553. The van der Waals surface area contributed by atoms with Gasteiger partial charge < -0.3 is 15.2 Å². The van der Waals surface area contributed by atoms with Crippen LogP contribution < -0.4 is 11.1 Å². The Morgan fingerprint density at radius 2 is 1.86 bits per heavy atom. The van der Waals surface area contributed by atoms with Crippen LogP contribution in [0.4, 0.5) is 9.59 Å². The molecule has 0 atom stereocenters. The fourth-order valence-electron chi connectivity index (χ4n) is 0.522. The van der Waals surface area contributed by atoms with Gasteiger partial charge in [0.1, 0.15) is 5.60 Å². The second-order valence-electron chi connectivity index (χ2n) is 3.38. The molecule has 0 fully saturated rings. The van der Waals surface area contributed by atoms with Crippen molar-refractivity contribution in [1.82, 2.24) is 5.32 Å². The van der Waals surface area contributed by atoms with Gasteiger partial charge >= 0.3 is 18.2 Å². The number of hydrogen-bond acceptors (Lipinski definition) is 5. The predicted octanol–water partition coefficient (Wildman–Crippen LogP) is 0.541. The maximum absolute atomic E-state index is 10.9. The van der Waals surface area contributed by atoms with E-state index in [4.69, 9.17) is 10.1 Å². The maximum atomic E-state index is 10.9. The third kappa shape index (κ3) is 6.89. The molecular weight excluding hydrogens is 190 g/mol. The van der Waals surface area contributed by atoms with E-state index in [0.717, 1.165) is 0 Å². The Morgan fingerprint density at radius 3 is 2.21 bits per heavy atom. The van der Waals surface area contributed by atoms with Gasteiger partial charge in [0.2, 0.25) is 0 Å². The quantitative estimate of drug-likeness (QED) is 0.393. The minimum atomic E-state index is -1.17. The van der Waals surface area contributed by atoms with Gasteiger partial charge in [0, 0.05) is 0 Å². The molecule has 80 valence electrons. The van der Waals surface area contributed by atoms with Crippen molar-refractivity contribution < 1.29 is 19.1 Å². The summed E-state index contributed by atoms with van der Waals surface area (Å²) in [6.07, 6.45) is -2.06. The number of primary amides is 1. The fourth-order valence-corrected chi connectivity index (χ4v) is 0.522. The molecule has 0 saturated carbocycles. The van der Waals surface area contributed by atoms with Crippen molar-refractivity contribution in [1.29, 1.82) is 5.41 Å². The number of nitrogens with one attached hydrogen (secondary N) is 2. The monoisotopic (exact) mass is 203 g/mol. The number of alkyl carbamates (subject to hydrolysis) is 1. The zero-order valence-corrected chi connectivity index (χ0v) is 8.21. The summed E-state index contributed by atoms with van der Waals surface area (Å²) in [7, 11) is 0. The molecule has 0 aromatic rings. The SMILES string of the molecule is CC(C)(C)OC(=O)NC(=N)OC(N)=O. The molecule has 0 aromatic carbocycles. The zero-order valence-electron chi connectivity index (χ0n) is 8.21. The summed E-state index contributed by atoms with van der Waals surface area (Å²) in [6, 6.07) is -0.772. The molecule has 0 aromatic heterocycles. The van der Waals surface area contributed by atoms with Crippen molar-refractivity contribution in [3.05, 3.63) is 0 Å². The molecule has 0 bridgehead atoms. The van der Waals surface area contributed by atoms with Crippen LogP contribution in [-0.2, 0) is 9.47 Å². The molecule has 0 heterocycles. The van der Waals surface area contributed by atoms with E-state index in [2.05, 4.69) is 10.5 Å². The van der Waals surface area contributed by atoms with Crippen molar-refractivity contribution >= 4 is 18.2 Å². The minimum absolute atomic E-state index is 0.683. The first-order chi connectivity index (χ1) is 6.20. The molecule has 0 saturated heterocycles. The van der Waals surface area contributed by atoms with Crippen molar-refractivity contribution in [2.24, 2.45) is 5.73 Å². The van der Waals surface area contributed by atoms with Crippen molar-refractivity contribution in [3.8, 4) is 0 Å². The average molecular weight is 203 g/mol. The summed E-state index contributed by atoms with van der Waals surface area (Å²) in [6.45, 7) is 4.97. The summed E-state index contributed by atoms with van der Waals surface area (Å²) >= 11 is 0. The highest BCUT2D eigenvalue weighted by Gasteiger charge is 2.17. The van der Waals surface area contributed by atoms with Gasteiger partial charge in [0.15, 0.2) is 0 Å². The molecule has 0 aliphatic rings. The number of amidine groups is 1. The standard InChI is InChI=1S/C7H13N3O4/c1-7(2,3)14-6(12)10-4(8)13-5(9)11/h1-3H3,(H2,9,11)(H2,8,10,12). The first kappa shape index (κ1) is 12.2. The lowest BCUT2D eigenvalue weighted by Crippen LogP contribution is -2.38. The number of carbonyl (C=O) groups excluding carboxylic acids is 2. The van der Waals surface area contributed by atoms with E-state index in [0.29, 0.717) is 0 Å². The summed E-state index contributed by atoms with van der Waals surface area (Å²) < 4.78 is 8.81. The van der Waals surface area contributed by atoms with Gasteiger partial charge in [-0.3, -0.25) is 5.41 Å². The molecule has 0 radical (unpaired) electrons. The number of rotatable bonds is 0. The normalized spacial score (nSPS) is 10.2. The van der Waals surface area contributed by atoms with E-state index in [1.165, 1.54) is 0 Å².